The summed E-state index contributed by atoms with van der Waals surface area (Å²) in [4.78, 5) is 23.7. The highest BCUT2D eigenvalue weighted by Gasteiger charge is 1.95. The first-order valence-electron chi connectivity index (χ1n) is 3.70. The average molecular weight is 179 g/mol. The summed E-state index contributed by atoms with van der Waals surface area (Å²) in [5, 5.41) is 8.34. The van der Waals surface area contributed by atoms with Crippen LogP contribution in [0.4, 0.5) is 0 Å². The smallest absolute Gasteiger partial charge is 0.328 e. The summed E-state index contributed by atoms with van der Waals surface area (Å²) < 4.78 is 0. The zero-order chi connectivity index (χ0) is 9.84. The van der Waals surface area contributed by atoms with Crippen molar-refractivity contribution in [2.45, 2.75) is 6.92 Å². The van der Waals surface area contributed by atoms with Gasteiger partial charge in [-0.15, -0.1) is 0 Å². The van der Waals surface area contributed by atoms with Crippen molar-refractivity contribution in [3.05, 3.63) is 39.8 Å². The number of pyridine rings is 1. The molecule has 68 valence electrons. The Kier molecular flexibility index (Phi) is 2.64. The molecule has 0 aromatic carbocycles. The van der Waals surface area contributed by atoms with Gasteiger partial charge in [-0.25, -0.2) is 4.79 Å². The Hall–Kier alpha value is -1.84. The van der Waals surface area contributed by atoms with Crippen molar-refractivity contribution in [3.8, 4) is 0 Å². The van der Waals surface area contributed by atoms with E-state index >= 15 is 0 Å². The highest BCUT2D eigenvalue weighted by molar-refractivity contribution is 5.85. The van der Waals surface area contributed by atoms with Gasteiger partial charge in [0.2, 0.25) is 0 Å². The summed E-state index contributed by atoms with van der Waals surface area (Å²) in [5.41, 5.74) is 0.940. The van der Waals surface area contributed by atoms with Crippen molar-refractivity contribution in [3.63, 3.8) is 0 Å². The van der Waals surface area contributed by atoms with E-state index < -0.39 is 5.97 Å². The maximum absolute atomic E-state index is 11.1. The first-order valence-corrected chi connectivity index (χ1v) is 3.70. The molecule has 1 heterocycles. The van der Waals surface area contributed by atoms with E-state index in [2.05, 4.69) is 4.98 Å². The van der Waals surface area contributed by atoms with Crippen molar-refractivity contribution in [1.82, 2.24) is 4.98 Å². The number of carbonyl (C=O) groups is 1. The Labute approximate surface area is 74.5 Å². The normalized spacial score (nSPS) is 10.5. The number of hydrogen-bond donors (Lipinski definition) is 2. The van der Waals surface area contributed by atoms with Crippen LogP contribution in [0.15, 0.2) is 23.1 Å². The van der Waals surface area contributed by atoms with Gasteiger partial charge in [-0.2, -0.15) is 0 Å². The van der Waals surface area contributed by atoms with Crippen LogP contribution in [0.1, 0.15) is 11.1 Å². The average Bonchev–Trinajstić information content (AvgIpc) is 2.06. The molecule has 0 aliphatic heterocycles. The lowest BCUT2D eigenvalue weighted by Crippen LogP contribution is -2.08. The van der Waals surface area contributed by atoms with Crippen molar-refractivity contribution in [2.24, 2.45) is 0 Å². The standard InChI is InChI=1S/C9H9NO3/c1-6-4-7(2-3-8(11)12)9(13)10-5-6/h2-5H,1H3,(H,10,13)(H,11,12). The molecule has 0 fully saturated rings. The van der Waals surface area contributed by atoms with Crippen LogP contribution in [0, 0.1) is 6.92 Å². The number of carboxylic acids is 1. The Balaban J connectivity index is 3.07. The van der Waals surface area contributed by atoms with Crippen molar-refractivity contribution < 1.29 is 9.90 Å². The molecule has 0 aliphatic carbocycles. The zero-order valence-corrected chi connectivity index (χ0v) is 7.07. The number of nitrogens with one attached hydrogen (secondary N) is 1. The second kappa shape index (κ2) is 3.71. The lowest BCUT2D eigenvalue weighted by molar-refractivity contribution is -0.131. The summed E-state index contributed by atoms with van der Waals surface area (Å²) in [6, 6.07) is 1.62. The number of aromatic nitrogens is 1. The van der Waals surface area contributed by atoms with Crippen LogP contribution < -0.4 is 5.56 Å². The van der Waals surface area contributed by atoms with E-state index in [0.29, 0.717) is 5.56 Å². The van der Waals surface area contributed by atoms with E-state index in [9.17, 15) is 9.59 Å². The molecule has 0 aliphatic rings. The third kappa shape index (κ3) is 2.59. The number of aromatic amines is 1. The first-order chi connectivity index (χ1) is 6.09. The fraction of sp³-hybridized carbons (Fsp3) is 0.111. The minimum absolute atomic E-state index is 0.289. The summed E-state index contributed by atoms with van der Waals surface area (Å²) in [6.45, 7) is 1.81. The van der Waals surface area contributed by atoms with Crippen molar-refractivity contribution in [1.29, 1.82) is 0 Å². The lowest BCUT2D eigenvalue weighted by Gasteiger charge is -1.93. The second-order valence-corrected chi connectivity index (χ2v) is 2.63. The Morgan fingerprint density at radius 1 is 1.62 bits per heavy atom. The molecule has 1 rings (SSSR count). The molecule has 0 amide bonds. The third-order valence-corrected chi connectivity index (χ3v) is 1.48. The fourth-order valence-electron chi connectivity index (χ4n) is 0.900. The molecule has 0 atom stereocenters. The lowest BCUT2D eigenvalue weighted by atomic mass is 10.2. The van der Waals surface area contributed by atoms with E-state index in [4.69, 9.17) is 5.11 Å². The van der Waals surface area contributed by atoms with Gasteiger partial charge in [-0.05, 0) is 24.6 Å². The van der Waals surface area contributed by atoms with Crippen LogP contribution >= 0.6 is 0 Å². The van der Waals surface area contributed by atoms with Gasteiger partial charge in [0, 0.05) is 17.8 Å². The molecular weight excluding hydrogens is 170 g/mol. The van der Waals surface area contributed by atoms with E-state index in [1.807, 2.05) is 6.92 Å². The molecule has 0 spiro atoms. The van der Waals surface area contributed by atoms with Gasteiger partial charge >= 0.3 is 5.97 Å². The van der Waals surface area contributed by atoms with Crippen LogP contribution in [0.3, 0.4) is 0 Å². The molecule has 0 radical (unpaired) electrons. The Morgan fingerprint density at radius 3 is 2.92 bits per heavy atom. The highest BCUT2D eigenvalue weighted by Crippen LogP contribution is 1.98. The monoisotopic (exact) mass is 179 g/mol. The molecule has 0 saturated carbocycles. The number of rotatable bonds is 2. The summed E-state index contributed by atoms with van der Waals surface area (Å²) in [7, 11) is 0. The molecule has 1 aromatic rings. The molecule has 13 heavy (non-hydrogen) atoms. The molecular formula is C9H9NO3. The third-order valence-electron chi connectivity index (χ3n) is 1.48. The molecule has 2 N–H and O–H groups in total. The van der Waals surface area contributed by atoms with Crippen LogP contribution in [0.2, 0.25) is 0 Å². The Morgan fingerprint density at radius 2 is 2.31 bits per heavy atom. The minimum atomic E-state index is -1.07. The van der Waals surface area contributed by atoms with Crippen molar-refractivity contribution in [2.75, 3.05) is 0 Å². The maximum Gasteiger partial charge on any atom is 0.328 e. The van der Waals surface area contributed by atoms with Gasteiger partial charge in [0.25, 0.3) is 5.56 Å². The van der Waals surface area contributed by atoms with Crippen molar-refractivity contribution >= 4 is 12.0 Å². The van der Waals surface area contributed by atoms with Crippen LogP contribution in [0.5, 0.6) is 0 Å². The molecule has 4 heteroatoms. The summed E-state index contributed by atoms with van der Waals surface area (Å²) in [5.74, 6) is -1.07. The summed E-state index contributed by atoms with van der Waals surface area (Å²) >= 11 is 0. The minimum Gasteiger partial charge on any atom is -0.478 e. The first kappa shape index (κ1) is 9.25. The maximum atomic E-state index is 11.1. The van der Waals surface area contributed by atoms with Gasteiger partial charge in [0.05, 0.1) is 0 Å². The number of hydrogen-bond acceptors (Lipinski definition) is 2. The topological polar surface area (TPSA) is 70.2 Å². The molecule has 0 bridgehead atoms. The van der Waals surface area contributed by atoms with E-state index in [1.165, 1.54) is 6.08 Å². The predicted molar refractivity (Wildman–Crippen MR) is 48.5 cm³/mol. The second-order valence-electron chi connectivity index (χ2n) is 2.63. The van der Waals surface area contributed by atoms with E-state index in [-0.39, 0.29) is 5.56 Å². The Bertz CT molecular complexity index is 404. The van der Waals surface area contributed by atoms with Gasteiger partial charge in [0.1, 0.15) is 0 Å². The zero-order valence-electron chi connectivity index (χ0n) is 7.07. The highest BCUT2D eigenvalue weighted by atomic mass is 16.4. The summed E-state index contributed by atoms with van der Waals surface area (Å²) in [6.07, 6.45) is 3.78. The SMILES string of the molecule is Cc1c[nH]c(=O)c(C=CC(=O)O)c1. The van der Waals surface area contributed by atoms with Crippen LogP contribution in [0.25, 0.3) is 6.08 Å². The number of carboxylic acid groups (broad SMARTS) is 1. The van der Waals surface area contributed by atoms with Crippen LogP contribution in [-0.4, -0.2) is 16.1 Å². The van der Waals surface area contributed by atoms with Gasteiger partial charge in [-0.3, -0.25) is 4.79 Å². The van der Waals surface area contributed by atoms with Crippen LogP contribution in [-0.2, 0) is 4.79 Å². The largest absolute Gasteiger partial charge is 0.478 e. The number of aliphatic carboxylic acids is 1. The van der Waals surface area contributed by atoms with Gasteiger partial charge < -0.3 is 10.1 Å². The number of aryl methyl sites for hydroxylation is 1. The predicted octanol–water partition coefficient (Wildman–Crippen LogP) is 0.781. The number of H-pyrrole nitrogens is 1. The fourth-order valence-corrected chi connectivity index (χ4v) is 0.900. The molecule has 4 nitrogen and oxygen atoms in total. The van der Waals surface area contributed by atoms with E-state index in [1.54, 1.807) is 12.3 Å². The quantitative estimate of drug-likeness (QED) is 0.659. The van der Waals surface area contributed by atoms with E-state index in [0.717, 1.165) is 11.6 Å². The van der Waals surface area contributed by atoms with Gasteiger partial charge in [-0.1, -0.05) is 0 Å². The molecule has 1 aromatic heterocycles. The molecule has 0 unspecified atom stereocenters. The molecule has 0 saturated heterocycles. The van der Waals surface area contributed by atoms with Gasteiger partial charge in [0.15, 0.2) is 0 Å².